The summed E-state index contributed by atoms with van der Waals surface area (Å²) in [5.74, 6) is 0.334. The van der Waals surface area contributed by atoms with Crippen LogP contribution in [0, 0.1) is 0 Å². The SMILES string of the molecule is CN(C)[P+](=O)OCC1CNCC(n2cnc3c(N)ncnc32)O1. The maximum absolute atomic E-state index is 11.6. The van der Waals surface area contributed by atoms with Crippen LogP contribution in [-0.2, 0) is 13.8 Å². The van der Waals surface area contributed by atoms with Crippen LogP contribution < -0.4 is 11.1 Å². The number of hydrogen-bond acceptors (Lipinski definition) is 8. The molecule has 3 atom stereocenters. The lowest BCUT2D eigenvalue weighted by Crippen LogP contribution is -2.44. The molecule has 1 fully saturated rings. The van der Waals surface area contributed by atoms with Crippen LogP contribution in [0.4, 0.5) is 5.82 Å². The van der Waals surface area contributed by atoms with Gasteiger partial charge in [-0.05, 0) is 4.57 Å². The van der Waals surface area contributed by atoms with Crippen LogP contribution >= 0.6 is 8.18 Å². The second kappa shape index (κ2) is 6.81. The zero-order chi connectivity index (χ0) is 16.4. The summed E-state index contributed by atoms with van der Waals surface area (Å²) in [4.78, 5) is 12.4. The number of hydrogen-bond donors (Lipinski definition) is 2. The summed E-state index contributed by atoms with van der Waals surface area (Å²) >= 11 is 0. The molecule has 0 aromatic carbocycles. The Morgan fingerprint density at radius 1 is 1.48 bits per heavy atom. The van der Waals surface area contributed by atoms with E-state index in [1.165, 1.54) is 11.0 Å². The molecule has 1 saturated heterocycles. The smallest absolute Gasteiger partial charge is 0.382 e. The van der Waals surface area contributed by atoms with Gasteiger partial charge in [0.25, 0.3) is 0 Å². The highest BCUT2D eigenvalue weighted by molar-refractivity contribution is 7.36. The quantitative estimate of drug-likeness (QED) is 0.732. The molecule has 1 aliphatic rings. The normalized spacial score (nSPS) is 22.7. The molecule has 124 valence electrons. The Kier molecular flexibility index (Phi) is 4.79. The number of nitrogen functional groups attached to an aromatic ring is 1. The van der Waals surface area contributed by atoms with Gasteiger partial charge in [0.05, 0.1) is 6.33 Å². The number of ether oxygens (including phenoxy) is 1. The average Bonchev–Trinajstić information content (AvgIpc) is 2.98. The minimum absolute atomic E-state index is 0.218. The Balaban J connectivity index is 1.70. The van der Waals surface area contributed by atoms with Crippen molar-refractivity contribution in [3.8, 4) is 0 Å². The van der Waals surface area contributed by atoms with E-state index in [1.54, 1.807) is 25.0 Å². The molecule has 0 amide bonds. The van der Waals surface area contributed by atoms with Crippen LogP contribution in [-0.4, -0.2) is 64.1 Å². The molecule has 2 aromatic heterocycles. The molecule has 23 heavy (non-hydrogen) atoms. The van der Waals surface area contributed by atoms with Crippen LogP contribution in [0.5, 0.6) is 0 Å². The minimum atomic E-state index is -1.84. The molecule has 0 radical (unpaired) electrons. The van der Waals surface area contributed by atoms with E-state index in [9.17, 15) is 4.57 Å². The second-order valence-electron chi connectivity index (χ2n) is 5.33. The summed E-state index contributed by atoms with van der Waals surface area (Å²) in [7, 11) is 1.56. The number of imidazole rings is 1. The Morgan fingerprint density at radius 2 is 2.30 bits per heavy atom. The van der Waals surface area contributed by atoms with E-state index in [1.807, 2.05) is 0 Å². The number of fused-ring (bicyclic) bond motifs is 1. The molecular weight excluding hydrogens is 321 g/mol. The number of morpholine rings is 1. The van der Waals surface area contributed by atoms with E-state index in [-0.39, 0.29) is 18.9 Å². The van der Waals surface area contributed by atoms with Crippen molar-refractivity contribution in [3.05, 3.63) is 12.7 Å². The van der Waals surface area contributed by atoms with Gasteiger partial charge < -0.3 is 15.8 Å². The third kappa shape index (κ3) is 3.46. The highest BCUT2D eigenvalue weighted by Crippen LogP contribution is 2.26. The Labute approximate surface area is 133 Å². The van der Waals surface area contributed by atoms with Crippen molar-refractivity contribution in [2.45, 2.75) is 12.3 Å². The standard InChI is InChI=1S/C12H19N7O3P/c1-18(2)23(20)21-5-8-3-14-4-9(22-8)19-7-17-10-11(13)15-6-16-12(10)19/h6-9,14H,3-5H2,1-2H3,(H2,13,15,16)/q+1. The number of nitrogens with zero attached hydrogens (tertiary/aromatic N) is 5. The van der Waals surface area contributed by atoms with Gasteiger partial charge in [-0.2, -0.15) is 0 Å². The molecule has 11 heteroatoms. The first-order chi connectivity index (χ1) is 11.1. The largest absolute Gasteiger partial charge is 0.615 e. The first-order valence-corrected chi connectivity index (χ1v) is 8.26. The molecule has 1 aliphatic heterocycles. The van der Waals surface area contributed by atoms with E-state index < -0.39 is 8.18 Å². The lowest BCUT2D eigenvalue weighted by molar-refractivity contribution is -0.0893. The molecule has 0 saturated carbocycles. The van der Waals surface area contributed by atoms with Gasteiger partial charge in [0, 0.05) is 27.2 Å². The molecule has 10 nitrogen and oxygen atoms in total. The molecule has 2 aromatic rings. The molecule has 0 bridgehead atoms. The third-order valence-electron chi connectivity index (χ3n) is 3.44. The van der Waals surface area contributed by atoms with Crippen molar-refractivity contribution >= 4 is 25.2 Å². The highest BCUT2D eigenvalue weighted by Gasteiger charge is 2.29. The Hall–Kier alpha value is -1.71. The number of rotatable bonds is 5. The van der Waals surface area contributed by atoms with Gasteiger partial charge in [-0.1, -0.05) is 4.67 Å². The van der Waals surface area contributed by atoms with Crippen molar-refractivity contribution < 1.29 is 13.8 Å². The van der Waals surface area contributed by atoms with E-state index in [0.29, 0.717) is 30.1 Å². The number of nitrogens with two attached hydrogens (primary N) is 1. The van der Waals surface area contributed by atoms with Gasteiger partial charge in [0.2, 0.25) is 0 Å². The number of nitrogens with one attached hydrogen (secondary N) is 1. The van der Waals surface area contributed by atoms with Crippen molar-refractivity contribution in [1.29, 1.82) is 0 Å². The maximum Gasteiger partial charge on any atom is 0.615 e. The molecule has 3 N–H and O–H groups in total. The van der Waals surface area contributed by atoms with E-state index >= 15 is 0 Å². The van der Waals surface area contributed by atoms with E-state index in [2.05, 4.69) is 20.3 Å². The van der Waals surface area contributed by atoms with Crippen LogP contribution in [0.25, 0.3) is 11.2 Å². The summed E-state index contributed by atoms with van der Waals surface area (Å²) in [6.07, 6.45) is 2.51. The van der Waals surface area contributed by atoms with Gasteiger partial charge in [-0.3, -0.25) is 4.57 Å². The number of aromatic nitrogens is 4. The fourth-order valence-electron chi connectivity index (χ4n) is 2.29. The summed E-state index contributed by atoms with van der Waals surface area (Å²) in [6.45, 7) is 1.46. The zero-order valence-electron chi connectivity index (χ0n) is 12.9. The molecule has 3 heterocycles. The second-order valence-corrected chi connectivity index (χ2v) is 6.87. The number of anilines is 1. The van der Waals surface area contributed by atoms with Crippen molar-refractivity contribution in [3.63, 3.8) is 0 Å². The molecule has 0 spiro atoms. The summed E-state index contributed by atoms with van der Waals surface area (Å²) in [5, 5.41) is 3.27. The first kappa shape index (κ1) is 16.2. The Bertz CT molecular complexity index is 707. The predicted octanol–water partition coefficient (Wildman–Crippen LogP) is 0.131. The van der Waals surface area contributed by atoms with Gasteiger partial charge in [-0.25, -0.2) is 15.0 Å². The monoisotopic (exact) mass is 340 g/mol. The fourth-order valence-corrected chi connectivity index (χ4v) is 2.82. The maximum atomic E-state index is 11.6. The molecule has 3 rings (SSSR count). The van der Waals surface area contributed by atoms with Crippen molar-refractivity contribution in [2.75, 3.05) is 39.5 Å². The minimum Gasteiger partial charge on any atom is -0.382 e. The van der Waals surface area contributed by atoms with Crippen molar-refractivity contribution in [1.82, 2.24) is 29.5 Å². The van der Waals surface area contributed by atoms with Crippen LogP contribution in [0.3, 0.4) is 0 Å². The van der Waals surface area contributed by atoms with Gasteiger partial charge >= 0.3 is 8.18 Å². The molecule has 0 aliphatic carbocycles. The summed E-state index contributed by atoms with van der Waals surface area (Å²) in [6, 6.07) is 0. The van der Waals surface area contributed by atoms with Gasteiger partial charge in [0.1, 0.15) is 30.8 Å². The zero-order valence-corrected chi connectivity index (χ0v) is 13.8. The average molecular weight is 340 g/mol. The summed E-state index contributed by atoms with van der Waals surface area (Å²) < 4.78 is 26.3. The van der Waals surface area contributed by atoms with Crippen LogP contribution in [0.1, 0.15) is 6.23 Å². The predicted molar refractivity (Wildman–Crippen MR) is 83.8 cm³/mol. The Morgan fingerprint density at radius 3 is 3.09 bits per heavy atom. The van der Waals surface area contributed by atoms with Gasteiger partial charge in [-0.15, -0.1) is 4.52 Å². The first-order valence-electron chi connectivity index (χ1n) is 7.13. The topological polar surface area (TPSA) is 120 Å². The molecular formula is C12H19N7O3P+. The van der Waals surface area contributed by atoms with Crippen molar-refractivity contribution in [2.24, 2.45) is 0 Å². The van der Waals surface area contributed by atoms with E-state index in [4.69, 9.17) is 15.0 Å². The lowest BCUT2D eigenvalue weighted by atomic mass is 10.3. The third-order valence-corrected chi connectivity index (χ3v) is 4.46. The van der Waals surface area contributed by atoms with E-state index in [0.717, 1.165) is 0 Å². The molecule has 3 unspecified atom stereocenters. The lowest BCUT2D eigenvalue weighted by Gasteiger charge is -2.30. The summed E-state index contributed by atoms with van der Waals surface area (Å²) in [5.41, 5.74) is 6.96. The fraction of sp³-hybridized carbons (Fsp3) is 0.583. The van der Waals surface area contributed by atoms with Crippen LogP contribution in [0.15, 0.2) is 12.7 Å². The van der Waals surface area contributed by atoms with Gasteiger partial charge in [0.15, 0.2) is 11.5 Å². The highest BCUT2D eigenvalue weighted by atomic mass is 31.1. The van der Waals surface area contributed by atoms with Crippen LogP contribution in [0.2, 0.25) is 0 Å².